The van der Waals surface area contributed by atoms with E-state index in [0.717, 1.165) is 47.2 Å². The van der Waals surface area contributed by atoms with E-state index in [4.69, 9.17) is 0 Å². The first-order valence-electron chi connectivity index (χ1n) is 9.20. The van der Waals surface area contributed by atoms with Gasteiger partial charge in [-0.1, -0.05) is 35.9 Å². The number of fused-ring (bicyclic) bond motifs is 1. The predicted molar refractivity (Wildman–Crippen MR) is 110 cm³/mol. The fourth-order valence-corrected chi connectivity index (χ4v) is 4.24. The predicted octanol–water partition coefficient (Wildman–Crippen LogP) is 3.41. The number of aryl methyl sites for hydroxylation is 3. The van der Waals surface area contributed by atoms with Crippen LogP contribution in [-0.4, -0.2) is 23.9 Å². The van der Waals surface area contributed by atoms with Crippen LogP contribution in [0.3, 0.4) is 0 Å². The summed E-state index contributed by atoms with van der Waals surface area (Å²) in [5.74, 6) is 0. The van der Waals surface area contributed by atoms with Crippen LogP contribution in [0.5, 0.6) is 0 Å². The highest BCUT2D eigenvalue weighted by Gasteiger charge is 2.19. The van der Waals surface area contributed by atoms with Crippen LogP contribution in [0.4, 0.5) is 0 Å². The smallest absolute Gasteiger partial charge is 0.275 e. The number of hydrogen-bond acceptors (Lipinski definition) is 4. The molecule has 0 atom stereocenters. The maximum Gasteiger partial charge on any atom is 0.276 e. The summed E-state index contributed by atoms with van der Waals surface area (Å²) in [5, 5.41) is 8.49. The van der Waals surface area contributed by atoms with E-state index < -0.39 is 10.0 Å². The molecule has 0 bridgehead atoms. The van der Waals surface area contributed by atoms with Crippen molar-refractivity contribution in [3.05, 3.63) is 71.5 Å². The molecular formula is C21H22N4O2S. The fraction of sp³-hybridized carbons (Fsp3) is 0.238. The molecule has 4 rings (SSSR count). The standard InChI is InChI=1S/C21H22N4O2S/c1-15-6-9-19(10-7-15)28(26,27)24-23-21-5-3-4-17-12-16(8-11-20(17)21)18-13-22-25(2)14-18/h6-14,24H,3-5H2,1-2H3/b23-21+. The van der Waals surface area contributed by atoms with Gasteiger partial charge in [0.2, 0.25) is 0 Å². The Bertz CT molecular complexity index is 1150. The SMILES string of the molecule is Cc1ccc(S(=O)(=O)N/N=C2\CCCc3cc(-c4cnn(C)c4)ccc32)cc1. The van der Waals surface area contributed by atoms with E-state index in [2.05, 4.69) is 21.1 Å². The Morgan fingerprint density at radius 2 is 1.86 bits per heavy atom. The lowest BCUT2D eigenvalue weighted by molar-refractivity contribution is 0.584. The maximum atomic E-state index is 12.5. The van der Waals surface area contributed by atoms with Gasteiger partial charge < -0.3 is 0 Å². The highest BCUT2D eigenvalue weighted by atomic mass is 32.2. The summed E-state index contributed by atoms with van der Waals surface area (Å²) in [7, 11) is -1.78. The molecule has 7 heteroatoms. The molecule has 0 saturated carbocycles. The molecule has 0 radical (unpaired) electrons. The molecular weight excluding hydrogens is 372 g/mol. The van der Waals surface area contributed by atoms with E-state index in [0.29, 0.717) is 0 Å². The fourth-order valence-electron chi connectivity index (χ4n) is 3.41. The summed E-state index contributed by atoms with van der Waals surface area (Å²) < 4.78 is 26.8. The van der Waals surface area contributed by atoms with Crippen molar-refractivity contribution < 1.29 is 8.42 Å². The van der Waals surface area contributed by atoms with E-state index in [1.165, 1.54) is 5.56 Å². The second-order valence-electron chi connectivity index (χ2n) is 7.09. The first-order valence-corrected chi connectivity index (χ1v) is 10.7. The monoisotopic (exact) mass is 394 g/mol. The summed E-state index contributed by atoms with van der Waals surface area (Å²) in [5.41, 5.74) is 6.14. The van der Waals surface area contributed by atoms with Gasteiger partial charge in [0.1, 0.15) is 0 Å². The molecule has 6 nitrogen and oxygen atoms in total. The highest BCUT2D eigenvalue weighted by Crippen LogP contribution is 2.27. The molecule has 1 aromatic heterocycles. The third kappa shape index (κ3) is 3.71. The van der Waals surface area contributed by atoms with Gasteiger partial charge in [0.15, 0.2) is 0 Å². The van der Waals surface area contributed by atoms with Crippen molar-refractivity contribution in [2.24, 2.45) is 12.1 Å². The molecule has 0 aliphatic heterocycles. The topological polar surface area (TPSA) is 76.3 Å². The quantitative estimate of drug-likeness (QED) is 0.689. The first kappa shape index (κ1) is 18.4. The Labute approximate surface area is 165 Å². The van der Waals surface area contributed by atoms with Crippen LogP contribution in [-0.2, 0) is 23.5 Å². The number of rotatable bonds is 4. The van der Waals surface area contributed by atoms with Gasteiger partial charge in [0.05, 0.1) is 16.8 Å². The Kier molecular flexibility index (Phi) is 4.77. The van der Waals surface area contributed by atoms with Gasteiger partial charge in [-0.05, 0) is 49.4 Å². The molecule has 1 aliphatic carbocycles. The van der Waals surface area contributed by atoms with E-state index in [1.807, 2.05) is 38.5 Å². The molecule has 0 fully saturated rings. The van der Waals surface area contributed by atoms with Gasteiger partial charge in [-0.15, -0.1) is 0 Å². The molecule has 0 saturated heterocycles. The zero-order chi connectivity index (χ0) is 19.7. The molecule has 28 heavy (non-hydrogen) atoms. The van der Waals surface area contributed by atoms with Gasteiger partial charge in [-0.25, -0.2) is 0 Å². The molecule has 144 valence electrons. The molecule has 1 heterocycles. The second kappa shape index (κ2) is 7.24. The number of hydrazone groups is 1. The third-order valence-electron chi connectivity index (χ3n) is 4.95. The van der Waals surface area contributed by atoms with Crippen molar-refractivity contribution in [1.82, 2.24) is 14.6 Å². The molecule has 1 aliphatic rings. The van der Waals surface area contributed by atoms with Gasteiger partial charge in [0, 0.05) is 24.4 Å². The molecule has 0 amide bonds. The van der Waals surface area contributed by atoms with Crippen molar-refractivity contribution >= 4 is 15.7 Å². The number of benzene rings is 2. The molecule has 3 aromatic rings. The zero-order valence-electron chi connectivity index (χ0n) is 15.9. The van der Waals surface area contributed by atoms with Crippen molar-refractivity contribution in [2.75, 3.05) is 0 Å². The van der Waals surface area contributed by atoms with Crippen LogP contribution >= 0.6 is 0 Å². The minimum atomic E-state index is -3.68. The van der Waals surface area contributed by atoms with Gasteiger partial charge in [0.25, 0.3) is 10.0 Å². The van der Waals surface area contributed by atoms with Crippen molar-refractivity contribution in [3.8, 4) is 11.1 Å². The van der Waals surface area contributed by atoms with Gasteiger partial charge >= 0.3 is 0 Å². The Morgan fingerprint density at radius 1 is 1.07 bits per heavy atom. The van der Waals surface area contributed by atoms with E-state index in [1.54, 1.807) is 28.9 Å². The minimum absolute atomic E-state index is 0.213. The number of sulfonamides is 1. The maximum absolute atomic E-state index is 12.5. The largest absolute Gasteiger partial charge is 0.276 e. The zero-order valence-corrected chi connectivity index (χ0v) is 16.7. The van der Waals surface area contributed by atoms with Crippen molar-refractivity contribution in [2.45, 2.75) is 31.1 Å². The Balaban J connectivity index is 1.61. The van der Waals surface area contributed by atoms with E-state index in [9.17, 15) is 8.42 Å². The lowest BCUT2D eigenvalue weighted by Crippen LogP contribution is -2.22. The highest BCUT2D eigenvalue weighted by molar-refractivity contribution is 7.89. The van der Waals surface area contributed by atoms with E-state index >= 15 is 0 Å². The molecule has 0 unspecified atom stereocenters. The minimum Gasteiger partial charge on any atom is -0.275 e. The molecule has 2 aromatic carbocycles. The molecule has 0 spiro atoms. The average Bonchev–Trinajstić information content (AvgIpc) is 3.12. The number of nitrogens with one attached hydrogen (secondary N) is 1. The lowest BCUT2D eigenvalue weighted by atomic mass is 9.88. The van der Waals surface area contributed by atoms with Gasteiger partial charge in [-0.2, -0.15) is 23.4 Å². The third-order valence-corrected chi connectivity index (χ3v) is 6.17. The Hall–Kier alpha value is -2.93. The number of hydrogen-bond donors (Lipinski definition) is 1. The normalized spacial score (nSPS) is 15.4. The van der Waals surface area contributed by atoms with Crippen LogP contribution < -0.4 is 4.83 Å². The van der Waals surface area contributed by atoms with Crippen LogP contribution in [0.15, 0.2) is 64.9 Å². The van der Waals surface area contributed by atoms with Crippen molar-refractivity contribution in [3.63, 3.8) is 0 Å². The lowest BCUT2D eigenvalue weighted by Gasteiger charge is -2.19. The first-order chi connectivity index (χ1) is 13.4. The summed E-state index contributed by atoms with van der Waals surface area (Å²) in [6.45, 7) is 1.92. The van der Waals surface area contributed by atoms with E-state index in [-0.39, 0.29) is 4.90 Å². The number of aromatic nitrogens is 2. The molecule has 1 N–H and O–H groups in total. The van der Waals surface area contributed by atoms with Crippen LogP contribution in [0.2, 0.25) is 0 Å². The van der Waals surface area contributed by atoms with Crippen LogP contribution in [0, 0.1) is 6.92 Å². The van der Waals surface area contributed by atoms with Crippen LogP contribution in [0.1, 0.15) is 29.5 Å². The Morgan fingerprint density at radius 3 is 2.57 bits per heavy atom. The summed E-state index contributed by atoms with van der Waals surface area (Å²) >= 11 is 0. The summed E-state index contributed by atoms with van der Waals surface area (Å²) in [6, 6.07) is 12.9. The van der Waals surface area contributed by atoms with Crippen LogP contribution in [0.25, 0.3) is 11.1 Å². The summed E-state index contributed by atoms with van der Waals surface area (Å²) in [4.78, 5) is 2.62. The second-order valence-corrected chi connectivity index (χ2v) is 8.76. The number of nitrogens with zero attached hydrogens (tertiary/aromatic N) is 3. The van der Waals surface area contributed by atoms with Gasteiger partial charge in [-0.3, -0.25) is 4.68 Å². The average molecular weight is 395 g/mol. The summed E-state index contributed by atoms with van der Waals surface area (Å²) in [6.07, 6.45) is 6.46. The van der Waals surface area contributed by atoms with Crippen molar-refractivity contribution in [1.29, 1.82) is 0 Å².